The Morgan fingerprint density at radius 1 is 1.24 bits per heavy atom. The van der Waals surface area contributed by atoms with Crippen molar-refractivity contribution in [2.45, 2.75) is 25.7 Å². The molecular weight excluding hydrogens is 268 g/mol. The number of carboxylic acid groups (broad SMARTS) is 1. The van der Waals surface area contributed by atoms with Crippen molar-refractivity contribution in [1.82, 2.24) is 10.3 Å². The van der Waals surface area contributed by atoms with Crippen molar-refractivity contribution in [2.24, 2.45) is 5.41 Å². The Kier molecular flexibility index (Phi) is 3.41. The van der Waals surface area contributed by atoms with E-state index in [0.29, 0.717) is 18.4 Å². The van der Waals surface area contributed by atoms with Gasteiger partial charge in [-0.25, -0.2) is 0 Å². The second-order valence-electron chi connectivity index (χ2n) is 5.72. The molecule has 2 aromatic rings. The highest BCUT2D eigenvalue weighted by Crippen LogP contribution is 2.37. The second-order valence-corrected chi connectivity index (χ2v) is 5.72. The molecule has 0 saturated heterocycles. The van der Waals surface area contributed by atoms with E-state index in [9.17, 15) is 14.7 Å². The van der Waals surface area contributed by atoms with Crippen LogP contribution in [0.5, 0.6) is 0 Å². The van der Waals surface area contributed by atoms with Crippen molar-refractivity contribution in [3.63, 3.8) is 0 Å². The van der Waals surface area contributed by atoms with Gasteiger partial charge in [-0.1, -0.05) is 25.0 Å². The highest BCUT2D eigenvalue weighted by atomic mass is 16.4. The number of hydrogen-bond donors (Lipinski definition) is 3. The molecule has 1 saturated carbocycles. The zero-order chi connectivity index (χ0) is 14.9. The smallest absolute Gasteiger partial charge is 0.311 e. The fourth-order valence-electron chi connectivity index (χ4n) is 3.14. The number of aromatic nitrogens is 1. The van der Waals surface area contributed by atoms with Gasteiger partial charge in [0.2, 0.25) is 0 Å². The molecule has 21 heavy (non-hydrogen) atoms. The predicted molar refractivity (Wildman–Crippen MR) is 79.2 cm³/mol. The minimum absolute atomic E-state index is 0.193. The standard InChI is InChI=1S/C16H18N2O3/c19-14(12-5-3-4-11-6-9-17-13(11)12)18-10-16(15(20)21)7-1-2-8-16/h3-6,9,17H,1-2,7-8,10H2,(H,18,19)(H,20,21). The summed E-state index contributed by atoms with van der Waals surface area (Å²) in [6, 6.07) is 7.41. The van der Waals surface area contributed by atoms with E-state index >= 15 is 0 Å². The molecule has 0 radical (unpaired) electrons. The maximum atomic E-state index is 12.4. The Morgan fingerprint density at radius 3 is 2.71 bits per heavy atom. The zero-order valence-electron chi connectivity index (χ0n) is 11.7. The SMILES string of the molecule is O=C(NCC1(C(=O)O)CCCC1)c1cccc2cc[nH]c12. The normalized spacial score (nSPS) is 17.0. The van der Waals surface area contributed by atoms with Crippen molar-refractivity contribution < 1.29 is 14.7 Å². The fraction of sp³-hybridized carbons (Fsp3) is 0.375. The molecule has 1 heterocycles. The molecule has 3 rings (SSSR count). The van der Waals surface area contributed by atoms with Crippen LogP contribution in [0.1, 0.15) is 36.0 Å². The van der Waals surface area contributed by atoms with Crippen LogP contribution in [0.2, 0.25) is 0 Å². The third-order valence-electron chi connectivity index (χ3n) is 4.43. The summed E-state index contributed by atoms with van der Waals surface area (Å²) in [6.45, 7) is 0.193. The van der Waals surface area contributed by atoms with Gasteiger partial charge in [0.1, 0.15) is 0 Å². The third kappa shape index (κ3) is 2.39. The van der Waals surface area contributed by atoms with Gasteiger partial charge in [0.15, 0.2) is 0 Å². The number of carboxylic acids is 1. The van der Waals surface area contributed by atoms with Gasteiger partial charge in [0, 0.05) is 18.1 Å². The molecule has 0 unspecified atom stereocenters. The van der Waals surface area contributed by atoms with E-state index in [1.807, 2.05) is 18.2 Å². The number of fused-ring (bicyclic) bond motifs is 1. The molecule has 0 aliphatic heterocycles. The topological polar surface area (TPSA) is 82.2 Å². The molecule has 0 atom stereocenters. The van der Waals surface area contributed by atoms with Crippen LogP contribution >= 0.6 is 0 Å². The Bertz CT molecular complexity index is 684. The van der Waals surface area contributed by atoms with Crippen molar-refractivity contribution in [3.8, 4) is 0 Å². The van der Waals surface area contributed by atoms with Gasteiger partial charge in [-0.2, -0.15) is 0 Å². The van der Waals surface area contributed by atoms with Crippen molar-refractivity contribution in [2.75, 3.05) is 6.54 Å². The van der Waals surface area contributed by atoms with E-state index in [1.165, 1.54) is 0 Å². The number of nitrogens with one attached hydrogen (secondary N) is 2. The highest BCUT2D eigenvalue weighted by Gasteiger charge is 2.41. The number of H-pyrrole nitrogens is 1. The molecule has 0 bridgehead atoms. The Balaban J connectivity index is 1.77. The van der Waals surface area contributed by atoms with Gasteiger partial charge >= 0.3 is 5.97 Å². The van der Waals surface area contributed by atoms with Crippen LogP contribution in [-0.4, -0.2) is 28.5 Å². The molecule has 110 valence electrons. The summed E-state index contributed by atoms with van der Waals surface area (Å²) in [4.78, 5) is 26.9. The molecule has 1 amide bonds. The third-order valence-corrected chi connectivity index (χ3v) is 4.43. The number of para-hydroxylation sites is 1. The first-order valence-electron chi connectivity index (χ1n) is 7.20. The second kappa shape index (κ2) is 5.24. The molecular formula is C16H18N2O3. The quantitative estimate of drug-likeness (QED) is 0.807. The monoisotopic (exact) mass is 286 g/mol. The van der Waals surface area contributed by atoms with Gasteiger partial charge in [0.05, 0.1) is 16.5 Å². The van der Waals surface area contributed by atoms with Gasteiger partial charge in [-0.15, -0.1) is 0 Å². The van der Waals surface area contributed by atoms with E-state index in [4.69, 9.17) is 0 Å². The Labute approximate surface area is 122 Å². The van der Waals surface area contributed by atoms with E-state index < -0.39 is 11.4 Å². The summed E-state index contributed by atoms with van der Waals surface area (Å²) in [5.74, 6) is -1.03. The maximum absolute atomic E-state index is 12.4. The lowest BCUT2D eigenvalue weighted by Gasteiger charge is -2.24. The van der Waals surface area contributed by atoms with E-state index in [2.05, 4.69) is 10.3 Å². The highest BCUT2D eigenvalue weighted by molar-refractivity contribution is 6.05. The number of amides is 1. The first-order valence-corrected chi connectivity index (χ1v) is 7.20. The summed E-state index contributed by atoms with van der Waals surface area (Å²) in [6.07, 6.45) is 4.88. The van der Waals surface area contributed by atoms with Gasteiger partial charge in [-0.05, 0) is 25.0 Å². The van der Waals surface area contributed by atoms with Gasteiger partial charge < -0.3 is 15.4 Å². The van der Waals surface area contributed by atoms with Crippen LogP contribution in [-0.2, 0) is 4.79 Å². The summed E-state index contributed by atoms with van der Waals surface area (Å²) in [5.41, 5.74) is 0.543. The van der Waals surface area contributed by atoms with Crippen molar-refractivity contribution in [3.05, 3.63) is 36.0 Å². The lowest BCUT2D eigenvalue weighted by atomic mass is 9.86. The number of benzene rings is 1. The fourth-order valence-corrected chi connectivity index (χ4v) is 3.14. The first-order chi connectivity index (χ1) is 10.1. The van der Waals surface area contributed by atoms with Crippen LogP contribution in [0.15, 0.2) is 30.5 Å². The van der Waals surface area contributed by atoms with Crippen LogP contribution < -0.4 is 5.32 Å². The van der Waals surface area contributed by atoms with Crippen LogP contribution in [0.3, 0.4) is 0 Å². The summed E-state index contributed by atoms with van der Waals surface area (Å²) in [7, 11) is 0. The first kappa shape index (κ1) is 13.7. The zero-order valence-corrected chi connectivity index (χ0v) is 11.7. The molecule has 1 aliphatic rings. The average Bonchev–Trinajstić information content (AvgIpc) is 3.13. The van der Waals surface area contributed by atoms with E-state index in [-0.39, 0.29) is 12.5 Å². The largest absolute Gasteiger partial charge is 0.481 e. The minimum atomic E-state index is -0.807. The molecule has 1 aromatic carbocycles. The minimum Gasteiger partial charge on any atom is -0.481 e. The van der Waals surface area contributed by atoms with Crippen LogP contribution in [0, 0.1) is 5.41 Å². The molecule has 0 spiro atoms. The molecule has 3 N–H and O–H groups in total. The average molecular weight is 286 g/mol. The number of aliphatic carboxylic acids is 1. The Hall–Kier alpha value is -2.30. The molecule has 5 nitrogen and oxygen atoms in total. The number of carbonyl (C=O) groups is 2. The number of aromatic amines is 1. The van der Waals surface area contributed by atoms with Crippen molar-refractivity contribution in [1.29, 1.82) is 0 Å². The summed E-state index contributed by atoms with van der Waals surface area (Å²) >= 11 is 0. The van der Waals surface area contributed by atoms with Gasteiger partial charge in [-0.3, -0.25) is 9.59 Å². The number of carbonyl (C=O) groups excluding carboxylic acids is 1. The summed E-state index contributed by atoms with van der Waals surface area (Å²) < 4.78 is 0. The van der Waals surface area contributed by atoms with Crippen LogP contribution in [0.25, 0.3) is 10.9 Å². The van der Waals surface area contributed by atoms with Crippen molar-refractivity contribution >= 4 is 22.8 Å². The maximum Gasteiger partial charge on any atom is 0.311 e. The predicted octanol–water partition coefficient (Wildman–Crippen LogP) is 2.54. The number of hydrogen-bond acceptors (Lipinski definition) is 2. The molecule has 5 heteroatoms. The molecule has 1 fully saturated rings. The van der Waals surface area contributed by atoms with Gasteiger partial charge in [0.25, 0.3) is 5.91 Å². The Morgan fingerprint density at radius 2 is 2.00 bits per heavy atom. The number of rotatable bonds is 4. The lowest BCUT2D eigenvalue weighted by Crippen LogP contribution is -2.41. The van der Waals surface area contributed by atoms with E-state index in [0.717, 1.165) is 23.7 Å². The molecule has 1 aliphatic carbocycles. The molecule has 1 aromatic heterocycles. The summed E-state index contributed by atoms with van der Waals surface area (Å²) in [5, 5.41) is 13.2. The van der Waals surface area contributed by atoms with Crippen LogP contribution in [0.4, 0.5) is 0 Å². The lowest BCUT2D eigenvalue weighted by molar-refractivity contribution is -0.148. The van der Waals surface area contributed by atoms with E-state index in [1.54, 1.807) is 12.3 Å².